The van der Waals surface area contributed by atoms with Gasteiger partial charge in [0.05, 0.1) is 0 Å². The Morgan fingerprint density at radius 3 is 3.18 bits per heavy atom. The number of ketones is 1. The first kappa shape index (κ1) is 6.84. The van der Waals surface area contributed by atoms with Gasteiger partial charge in [-0.25, -0.2) is 0 Å². The third-order valence-corrected chi connectivity index (χ3v) is 2.58. The molecule has 0 aromatic carbocycles. The summed E-state index contributed by atoms with van der Waals surface area (Å²) in [6.45, 7) is 0. The van der Waals surface area contributed by atoms with Crippen molar-refractivity contribution in [1.82, 2.24) is 0 Å². The molecular formula is C10H12O. The molecule has 0 radical (unpaired) electrons. The van der Waals surface area contributed by atoms with Crippen LogP contribution in [0.3, 0.4) is 0 Å². The molecule has 0 bridgehead atoms. The maximum Gasteiger partial charge on any atom is 0.159 e. The Labute approximate surface area is 66.8 Å². The summed E-state index contributed by atoms with van der Waals surface area (Å²) in [6, 6.07) is 0. The lowest BCUT2D eigenvalue weighted by Gasteiger charge is -2.05. The van der Waals surface area contributed by atoms with Crippen LogP contribution in [0.5, 0.6) is 0 Å². The normalized spacial score (nSPS) is 29.6. The number of rotatable bonds is 0. The van der Waals surface area contributed by atoms with E-state index in [0.29, 0.717) is 11.7 Å². The minimum Gasteiger partial charge on any atom is -0.295 e. The Bertz CT molecular complexity index is 235. The number of Topliss-reactive ketones (excluding diaryl/α,β-unsaturated/α-hetero) is 1. The molecule has 2 aliphatic rings. The molecule has 0 aliphatic heterocycles. The van der Waals surface area contributed by atoms with Gasteiger partial charge in [0.2, 0.25) is 0 Å². The zero-order chi connectivity index (χ0) is 7.68. The summed E-state index contributed by atoms with van der Waals surface area (Å²) in [4.78, 5) is 11.3. The zero-order valence-corrected chi connectivity index (χ0v) is 6.55. The van der Waals surface area contributed by atoms with E-state index in [1.54, 1.807) is 0 Å². The van der Waals surface area contributed by atoms with Crippen LogP contribution in [0.15, 0.2) is 23.8 Å². The molecule has 2 rings (SSSR count). The molecule has 0 aromatic heterocycles. The molecule has 0 heterocycles. The van der Waals surface area contributed by atoms with Gasteiger partial charge in [-0.1, -0.05) is 18.2 Å². The molecule has 0 spiro atoms. The van der Waals surface area contributed by atoms with Gasteiger partial charge in [-0.05, 0) is 30.8 Å². The van der Waals surface area contributed by atoms with Crippen molar-refractivity contribution in [3.63, 3.8) is 0 Å². The van der Waals surface area contributed by atoms with E-state index in [4.69, 9.17) is 0 Å². The van der Waals surface area contributed by atoms with Crippen LogP contribution in [0.1, 0.15) is 25.7 Å². The van der Waals surface area contributed by atoms with E-state index in [-0.39, 0.29) is 0 Å². The lowest BCUT2D eigenvalue weighted by molar-refractivity contribution is -0.114. The predicted octanol–water partition coefficient (Wildman–Crippen LogP) is 2.24. The van der Waals surface area contributed by atoms with E-state index in [9.17, 15) is 4.79 Å². The fourth-order valence-corrected chi connectivity index (χ4v) is 1.93. The molecule has 1 heteroatoms. The Kier molecular flexibility index (Phi) is 1.65. The van der Waals surface area contributed by atoms with Crippen molar-refractivity contribution in [2.24, 2.45) is 5.92 Å². The molecule has 1 nitrogen and oxygen atoms in total. The fourth-order valence-electron chi connectivity index (χ4n) is 1.93. The topological polar surface area (TPSA) is 17.1 Å². The molecule has 0 amide bonds. The van der Waals surface area contributed by atoms with Gasteiger partial charge in [0.15, 0.2) is 5.78 Å². The van der Waals surface area contributed by atoms with Crippen molar-refractivity contribution in [2.45, 2.75) is 25.7 Å². The van der Waals surface area contributed by atoms with Crippen LogP contribution in [-0.4, -0.2) is 5.78 Å². The smallest absolute Gasteiger partial charge is 0.159 e. The number of carbonyl (C=O) groups excluding carboxylic acids is 1. The largest absolute Gasteiger partial charge is 0.295 e. The summed E-state index contributed by atoms with van der Waals surface area (Å²) in [5.41, 5.74) is 1.08. The number of carbonyl (C=O) groups is 1. The third kappa shape index (κ3) is 1.15. The van der Waals surface area contributed by atoms with Gasteiger partial charge in [-0.15, -0.1) is 0 Å². The standard InChI is InChI=1S/C10H12O/c11-10-7-6-8-4-2-1-3-5-9(8)10/h1,3,5,8H,2,4,6-7H2. The van der Waals surface area contributed by atoms with Crippen molar-refractivity contribution >= 4 is 5.78 Å². The zero-order valence-electron chi connectivity index (χ0n) is 6.55. The summed E-state index contributed by atoms with van der Waals surface area (Å²) >= 11 is 0. The number of hydrogen-bond acceptors (Lipinski definition) is 1. The van der Waals surface area contributed by atoms with E-state index in [1.165, 1.54) is 6.42 Å². The van der Waals surface area contributed by atoms with Gasteiger partial charge in [-0.3, -0.25) is 4.79 Å². The van der Waals surface area contributed by atoms with Crippen molar-refractivity contribution in [3.8, 4) is 0 Å². The van der Waals surface area contributed by atoms with Crippen LogP contribution in [0.25, 0.3) is 0 Å². The summed E-state index contributed by atoms with van der Waals surface area (Å²) in [5.74, 6) is 0.957. The number of hydrogen-bond donors (Lipinski definition) is 0. The minimum atomic E-state index is 0.376. The quantitative estimate of drug-likeness (QED) is 0.515. The van der Waals surface area contributed by atoms with E-state index in [0.717, 1.165) is 24.8 Å². The Hall–Kier alpha value is -0.850. The van der Waals surface area contributed by atoms with Gasteiger partial charge in [-0.2, -0.15) is 0 Å². The SMILES string of the molecule is O=C1CCC2CCC=CC=C12. The van der Waals surface area contributed by atoms with Crippen LogP contribution in [0.2, 0.25) is 0 Å². The Morgan fingerprint density at radius 1 is 1.36 bits per heavy atom. The molecule has 11 heavy (non-hydrogen) atoms. The summed E-state index contributed by atoms with van der Waals surface area (Å²) in [6.07, 6.45) is 10.4. The number of fused-ring (bicyclic) bond motifs is 1. The molecular weight excluding hydrogens is 136 g/mol. The second kappa shape index (κ2) is 2.65. The average Bonchev–Trinajstić information content (AvgIpc) is 2.25. The van der Waals surface area contributed by atoms with Crippen LogP contribution in [0.4, 0.5) is 0 Å². The van der Waals surface area contributed by atoms with Gasteiger partial charge in [0, 0.05) is 6.42 Å². The van der Waals surface area contributed by atoms with Crippen LogP contribution in [0, 0.1) is 5.92 Å². The second-order valence-corrected chi connectivity index (χ2v) is 3.29. The molecule has 0 N–H and O–H groups in total. The minimum absolute atomic E-state index is 0.376. The fraction of sp³-hybridized carbons (Fsp3) is 0.500. The average molecular weight is 148 g/mol. The Balaban J connectivity index is 2.28. The van der Waals surface area contributed by atoms with E-state index >= 15 is 0 Å². The molecule has 1 fully saturated rings. The highest BCUT2D eigenvalue weighted by atomic mass is 16.1. The van der Waals surface area contributed by atoms with Crippen LogP contribution in [-0.2, 0) is 4.79 Å². The van der Waals surface area contributed by atoms with Gasteiger partial charge in [0.25, 0.3) is 0 Å². The van der Waals surface area contributed by atoms with E-state index in [1.807, 2.05) is 12.2 Å². The Morgan fingerprint density at radius 2 is 2.27 bits per heavy atom. The van der Waals surface area contributed by atoms with Crippen molar-refractivity contribution in [3.05, 3.63) is 23.8 Å². The molecule has 2 aliphatic carbocycles. The summed E-state index contributed by atoms with van der Waals surface area (Å²) in [5, 5.41) is 0. The highest BCUT2D eigenvalue weighted by Gasteiger charge is 2.27. The summed E-state index contributed by atoms with van der Waals surface area (Å²) in [7, 11) is 0. The van der Waals surface area contributed by atoms with Crippen LogP contribution >= 0.6 is 0 Å². The van der Waals surface area contributed by atoms with Crippen molar-refractivity contribution in [1.29, 1.82) is 0 Å². The maximum atomic E-state index is 11.3. The molecule has 1 unspecified atom stereocenters. The predicted molar refractivity (Wildman–Crippen MR) is 44.2 cm³/mol. The second-order valence-electron chi connectivity index (χ2n) is 3.29. The highest BCUT2D eigenvalue weighted by Crippen LogP contribution is 2.33. The first-order valence-corrected chi connectivity index (χ1v) is 4.28. The molecule has 0 saturated heterocycles. The highest BCUT2D eigenvalue weighted by molar-refractivity contribution is 5.98. The van der Waals surface area contributed by atoms with E-state index < -0.39 is 0 Å². The molecule has 1 atom stereocenters. The summed E-state index contributed by atoms with van der Waals surface area (Å²) < 4.78 is 0. The molecule has 58 valence electrons. The third-order valence-electron chi connectivity index (χ3n) is 2.58. The van der Waals surface area contributed by atoms with Crippen molar-refractivity contribution < 1.29 is 4.79 Å². The molecule has 0 aromatic rings. The van der Waals surface area contributed by atoms with Gasteiger partial charge in [0.1, 0.15) is 0 Å². The van der Waals surface area contributed by atoms with Gasteiger partial charge < -0.3 is 0 Å². The van der Waals surface area contributed by atoms with Crippen LogP contribution < -0.4 is 0 Å². The van der Waals surface area contributed by atoms with Gasteiger partial charge >= 0.3 is 0 Å². The molecule has 1 saturated carbocycles. The maximum absolute atomic E-state index is 11.3. The number of allylic oxidation sites excluding steroid dienone is 4. The lowest BCUT2D eigenvalue weighted by atomic mass is 9.98. The lowest BCUT2D eigenvalue weighted by Crippen LogP contribution is -1.99. The first-order chi connectivity index (χ1) is 5.38. The van der Waals surface area contributed by atoms with E-state index in [2.05, 4.69) is 6.08 Å². The monoisotopic (exact) mass is 148 g/mol. The van der Waals surface area contributed by atoms with Crippen molar-refractivity contribution in [2.75, 3.05) is 0 Å². The first-order valence-electron chi connectivity index (χ1n) is 4.28.